The van der Waals surface area contributed by atoms with Crippen LogP contribution < -0.4 is 11.1 Å². The van der Waals surface area contributed by atoms with Gasteiger partial charge in [-0.05, 0) is 18.6 Å². The molecular formula is C13H14N4O2S. The van der Waals surface area contributed by atoms with Gasteiger partial charge in [0.25, 0.3) is 5.91 Å². The molecule has 6 nitrogen and oxygen atoms in total. The summed E-state index contributed by atoms with van der Waals surface area (Å²) in [6.07, 6.45) is 2.27. The molecule has 0 aromatic carbocycles. The number of nitrogens with one attached hydrogen (secondary N) is 1. The van der Waals surface area contributed by atoms with Gasteiger partial charge in [0, 0.05) is 19.8 Å². The smallest absolute Gasteiger partial charge is 0.264 e. The molecule has 1 fully saturated rings. The van der Waals surface area contributed by atoms with E-state index in [1.165, 1.54) is 11.3 Å². The number of pyridine rings is 1. The van der Waals surface area contributed by atoms with E-state index in [1.54, 1.807) is 24.2 Å². The van der Waals surface area contributed by atoms with E-state index in [-0.39, 0.29) is 11.8 Å². The van der Waals surface area contributed by atoms with Crippen LogP contribution in [0.25, 0.3) is 10.2 Å². The fraction of sp³-hybridized carbons (Fsp3) is 0.308. The lowest BCUT2D eigenvalue weighted by Crippen LogP contribution is -2.40. The highest BCUT2D eigenvalue weighted by atomic mass is 32.1. The summed E-state index contributed by atoms with van der Waals surface area (Å²) in [6.45, 7) is 0.660. The summed E-state index contributed by atoms with van der Waals surface area (Å²) in [7, 11) is 1.73. The van der Waals surface area contributed by atoms with Gasteiger partial charge in [0.1, 0.15) is 16.4 Å². The lowest BCUT2D eigenvalue weighted by atomic mass is 10.2. The average Bonchev–Trinajstić information content (AvgIpc) is 2.94. The summed E-state index contributed by atoms with van der Waals surface area (Å²) in [5, 5.41) is 2.75. The number of hydrogen-bond donors (Lipinski definition) is 2. The third-order valence-electron chi connectivity index (χ3n) is 3.42. The van der Waals surface area contributed by atoms with Crippen LogP contribution in [0.4, 0.5) is 5.69 Å². The normalized spacial score (nSPS) is 18.8. The van der Waals surface area contributed by atoms with Crippen LogP contribution in [-0.4, -0.2) is 41.3 Å². The van der Waals surface area contributed by atoms with Crippen molar-refractivity contribution in [3.8, 4) is 0 Å². The number of anilines is 1. The van der Waals surface area contributed by atoms with Crippen molar-refractivity contribution >= 4 is 39.1 Å². The Bertz CT molecular complexity index is 697. The number of thiophene rings is 1. The van der Waals surface area contributed by atoms with E-state index in [9.17, 15) is 9.59 Å². The van der Waals surface area contributed by atoms with Crippen molar-refractivity contribution < 1.29 is 9.59 Å². The molecule has 1 atom stereocenters. The van der Waals surface area contributed by atoms with E-state index < -0.39 is 6.04 Å². The highest BCUT2D eigenvalue weighted by molar-refractivity contribution is 7.21. The number of carbonyl (C=O) groups is 2. The van der Waals surface area contributed by atoms with Gasteiger partial charge in [-0.1, -0.05) is 0 Å². The molecule has 0 saturated carbocycles. The summed E-state index contributed by atoms with van der Waals surface area (Å²) in [5.74, 6) is -0.365. The van der Waals surface area contributed by atoms with Gasteiger partial charge in [-0.25, -0.2) is 0 Å². The van der Waals surface area contributed by atoms with Crippen molar-refractivity contribution in [1.82, 2.24) is 15.2 Å². The second-order valence-electron chi connectivity index (χ2n) is 4.77. The number of aromatic nitrogens is 1. The van der Waals surface area contributed by atoms with Gasteiger partial charge < -0.3 is 16.0 Å². The third kappa shape index (κ3) is 2.00. The van der Waals surface area contributed by atoms with Crippen LogP contribution in [0.3, 0.4) is 0 Å². The molecule has 0 aliphatic carbocycles. The number of carbonyl (C=O) groups excluding carboxylic acids is 2. The van der Waals surface area contributed by atoms with E-state index in [4.69, 9.17) is 5.73 Å². The van der Waals surface area contributed by atoms with Gasteiger partial charge in [-0.15, -0.1) is 11.3 Å². The zero-order valence-electron chi connectivity index (χ0n) is 10.9. The van der Waals surface area contributed by atoms with Gasteiger partial charge in [0.15, 0.2) is 0 Å². The Morgan fingerprint density at radius 2 is 2.40 bits per heavy atom. The largest absolute Gasteiger partial charge is 0.396 e. The first-order chi connectivity index (χ1) is 9.58. The molecule has 0 spiro atoms. The number of nitrogens with zero attached hydrogens (tertiary/aromatic N) is 2. The summed E-state index contributed by atoms with van der Waals surface area (Å²) in [5.41, 5.74) is 6.98. The second-order valence-corrected chi connectivity index (χ2v) is 5.82. The number of likely N-dealkylation sites (N-methyl/N-ethyl adjacent to an activating group) is 1. The highest BCUT2D eigenvalue weighted by Crippen LogP contribution is 2.31. The number of hydrogen-bond acceptors (Lipinski definition) is 5. The fourth-order valence-electron chi connectivity index (χ4n) is 2.30. The quantitative estimate of drug-likeness (QED) is 0.858. The van der Waals surface area contributed by atoms with Gasteiger partial charge >= 0.3 is 0 Å². The summed E-state index contributed by atoms with van der Waals surface area (Å²) in [6, 6.07) is 3.22. The summed E-state index contributed by atoms with van der Waals surface area (Å²) >= 11 is 1.29. The Balaban J connectivity index is 1.86. The van der Waals surface area contributed by atoms with E-state index in [1.807, 2.05) is 6.07 Å². The van der Waals surface area contributed by atoms with Crippen LogP contribution in [0.1, 0.15) is 16.1 Å². The number of nitrogens with two attached hydrogens (primary N) is 1. The number of nitrogen functional groups attached to an aromatic ring is 1. The van der Waals surface area contributed by atoms with Gasteiger partial charge in [0.05, 0.1) is 10.4 Å². The third-order valence-corrected chi connectivity index (χ3v) is 4.58. The van der Waals surface area contributed by atoms with Crippen LogP contribution in [-0.2, 0) is 4.79 Å². The summed E-state index contributed by atoms with van der Waals surface area (Å²) < 4.78 is 0.866. The molecule has 1 saturated heterocycles. The molecule has 3 heterocycles. The fourth-order valence-corrected chi connectivity index (χ4v) is 3.28. The minimum atomic E-state index is -0.454. The molecule has 2 amide bonds. The van der Waals surface area contributed by atoms with Crippen LogP contribution in [0.15, 0.2) is 18.3 Å². The lowest BCUT2D eigenvalue weighted by Gasteiger charge is -2.11. The van der Waals surface area contributed by atoms with E-state index >= 15 is 0 Å². The molecule has 3 N–H and O–H groups in total. The number of rotatable bonds is 2. The Labute approximate surface area is 119 Å². The van der Waals surface area contributed by atoms with Gasteiger partial charge in [-0.3, -0.25) is 14.6 Å². The molecule has 1 unspecified atom stereocenters. The van der Waals surface area contributed by atoms with E-state index in [0.717, 1.165) is 4.70 Å². The Morgan fingerprint density at radius 1 is 1.60 bits per heavy atom. The number of amides is 2. The van der Waals surface area contributed by atoms with Gasteiger partial charge in [-0.2, -0.15) is 0 Å². The predicted octanol–water partition coefficient (Wildman–Crippen LogP) is 0.839. The molecule has 0 bridgehead atoms. The van der Waals surface area contributed by atoms with Crippen LogP contribution >= 0.6 is 11.3 Å². The minimum absolute atomic E-state index is 0.0591. The minimum Gasteiger partial charge on any atom is -0.396 e. The first-order valence-electron chi connectivity index (χ1n) is 6.26. The molecule has 3 rings (SSSR count). The maximum absolute atomic E-state index is 12.3. The molecule has 1 aliphatic rings. The first kappa shape index (κ1) is 12.9. The molecule has 2 aromatic rings. The second kappa shape index (κ2) is 4.75. The number of fused-ring (bicyclic) bond motifs is 1. The van der Waals surface area contributed by atoms with Crippen LogP contribution in [0.2, 0.25) is 0 Å². The highest BCUT2D eigenvalue weighted by Gasteiger charge is 2.31. The Morgan fingerprint density at radius 3 is 3.05 bits per heavy atom. The van der Waals surface area contributed by atoms with Crippen LogP contribution in [0.5, 0.6) is 0 Å². The SMILES string of the molecule is CN1CCC(NC(=O)c2sc3cccnc3c2N)C1=O. The standard InChI is InChI=1S/C13H14N4O2S/c1-17-6-4-7(13(17)19)16-12(18)11-9(14)10-8(20-11)3-2-5-15-10/h2-3,5,7H,4,6,14H2,1H3,(H,16,18). The maximum Gasteiger partial charge on any atom is 0.264 e. The Hall–Kier alpha value is -2.15. The summed E-state index contributed by atoms with van der Waals surface area (Å²) in [4.78, 5) is 30.3. The van der Waals surface area contributed by atoms with E-state index in [2.05, 4.69) is 10.3 Å². The topological polar surface area (TPSA) is 88.3 Å². The van der Waals surface area contributed by atoms with Crippen molar-refractivity contribution in [2.75, 3.05) is 19.3 Å². The molecule has 7 heteroatoms. The zero-order chi connectivity index (χ0) is 14.3. The molecule has 20 heavy (non-hydrogen) atoms. The Kier molecular flexibility index (Phi) is 3.06. The zero-order valence-corrected chi connectivity index (χ0v) is 11.7. The molecule has 0 radical (unpaired) electrons. The van der Waals surface area contributed by atoms with Crippen molar-refractivity contribution in [2.45, 2.75) is 12.5 Å². The molecule has 104 valence electrons. The van der Waals surface area contributed by atoms with Crippen molar-refractivity contribution in [2.24, 2.45) is 0 Å². The molecule has 2 aromatic heterocycles. The van der Waals surface area contributed by atoms with Crippen molar-refractivity contribution in [3.63, 3.8) is 0 Å². The monoisotopic (exact) mass is 290 g/mol. The van der Waals surface area contributed by atoms with E-state index in [0.29, 0.717) is 29.0 Å². The maximum atomic E-state index is 12.3. The number of likely N-dealkylation sites (tertiary alicyclic amines) is 1. The predicted molar refractivity (Wildman–Crippen MR) is 77.5 cm³/mol. The molecular weight excluding hydrogens is 276 g/mol. The van der Waals surface area contributed by atoms with Crippen molar-refractivity contribution in [1.29, 1.82) is 0 Å². The van der Waals surface area contributed by atoms with Gasteiger partial charge in [0.2, 0.25) is 5.91 Å². The first-order valence-corrected chi connectivity index (χ1v) is 7.08. The van der Waals surface area contributed by atoms with Crippen LogP contribution in [0, 0.1) is 0 Å². The average molecular weight is 290 g/mol. The molecule has 1 aliphatic heterocycles. The lowest BCUT2D eigenvalue weighted by molar-refractivity contribution is -0.128. The van der Waals surface area contributed by atoms with Crippen molar-refractivity contribution in [3.05, 3.63) is 23.2 Å².